The highest BCUT2D eigenvalue weighted by Gasteiger charge is 2.55. The van der Waals surface area contributed by atoms with Crippen LogP contribution in [0.15, 0.2) is 48.5 Å². The molecule has 1 saturated heterocycles. The van der Waals surface area contributed by atoms with Gasteiger partial charge in [-0.15, -0.1) is 0 Å². The third-order valence-electron chi connectivity index (χ3n) is 4.90. The molecule has 0 spiro atoms. The van der Waals surface area contributed by atoms with Crippen molar-refractivity contribution in [1.82, 2.24) is 10.6 Å². The van der Waals surface area contributed by atoms with Crippen molar-refractivity contribution in [2.45, 2.75) is 31.5 Å². The van der Waals surface area contributed by atoms with Crippen LogP contribution in [-0.4, -0.2) is 23.4 Å². The molecule has 0 atom stereocenters. The van der Waals surface area contributed by atoms with Crippen LogP contribution in [0.1, 0.15) is 24.8 Å². The van der Waals surface area contributed by atoms with Gasteiger partial charge in [-0.25, -0.2) is 9.18 Å². The second-order valence-electron chi connectivity index (χ2n) is 7.20. The Morgan fingerprint density at radius 2 is 1.48 bits per heavy atom. The van der Waals surface area contributed by atoms with Gasteiger partial charge in [0.15, 0.2) is 0 Å². The first kappa shape index (κ1) is 18.9. The fourth-order valence-electron chi connectivity index (χ4n) is 3.14. The molecule has 0 bridgehead atoms. The third kappa shape index (κ3) is 4.21. The molecule has 2 aromatic rings. The first-order chi connectivity index (χ1) is 13.9. The quantitative estimate of drug-likeness (QED) is 0.700. The van der Waals surface area contributed by atoms with Crippen LogP contribution < -0.4 is 20.1 Å². The van der Waals surface area contributed by atoms with E-state index >= 15 is 0 Å². The van der Waals surface area contributed by atoms with E-state index in [9.17, 15) is 18.8 Å². The van der Waals surface area contributed by atoms with Gasteiger partial charge in [0.25, 0.3) is 17.4 Å². The fraction of sp³-hybridized carbons (Fsp3) is 0.286. The van der Waals surface area contributed by atoms with Crippen LogP contribution in [-0.2, 0) is 16.2 Å². The molecule has 4 rings (SSSR count). The number of hydrogen-bond donors (Lipinski definition) is 2. The van der Waals surface area contributed by atoms with E-state index in [0.29, 0.717) is 11.5 Å². The Hall–Kier alpha value is -3.42. The number of imide groups is 2. The van der Waals surface area contributed by atoms with Gasteiger partial charge in [-0.1, -0.05) is 25.0 Å². The Bertz CT molecular complexity index is 919. The molecule has 0 aromatic heterocycles. The highest BCUT2D eigenvalue weighted by atomic mass is 19.1. The van der Waals surface area contributed by atoms with Gasteiger partial charge in [0.05, 0.1) is 0 Å². The largest absolute Gasteiger partial charge is 0.489 e. The van der Waals surface area contributed by atoms with Crippen molar-refractivity contribution in [3.8, 4) is 11.5 Å². The highest BCUT2D eigenvalue weighted by Crippen LogP contribution is 2.39. The molecule has 0 radical (unpaired) electrons. The molecule has 2 N–H and O–H groups in total. The Morgan fingerprint density at radius 3 is 2.07 bits per heavy atom. The molecule has 2 fully saturated rings. The molecule has 1 saturated carbocycles. The summed E-state index contributed by atoms with van der Waals surface area (Å²) in [5.41, 5.74) is -0.957. The Kier molecular flexibility index (Phi) is 4.92. The predicted octanol–water partition coefficient (Wildman–Crippen LogP) is 2.69. The smallest absolute Gasteiger partial charge is 0.328 e. The van der Waals surface area contributed by atoms with Crippen molar-refractivity contribution in [3.05, 3.63) is 59.9 Å². The number of hydrogen-bond acceptors (Lipinski definition) is 5. The topological polar surface area (TPSA) is 93.7 Å². The van der Waals surface area contributed by atoms with Gasteiger partial charge in [-0.05, 0) is 47.9 Å². The number of barbiturate groups is 1. The minimum atomic E-state index is -1.77. The fourth-order valence-corrected chi connectivity index (χ4v) is 3.14. The molecule has 1 aliphatic carbocycles. The summed E-state index contributed by atoms with van der Waals surface area (Å²) in [4.78, 5) is 36.4. The van der Waals surface area contributed by atoms with Crippen molar-refractivity contribution < 1.29 is 28.2 Å². The summed E-state index contributed by atoms with van der Waals surface area (Å²) >= 11 is 0. The summed E-state index contributed by atoms with van der Waals surface area (Å²) in [6.07, 6.45) is 2.03. The van der Waals surface area contributed by atoms with Gasteiger partial charge in [-0.3, -0.25) is 20.2 Å². The van der Waals surface area contributed by atoms with Crippen molar-refractivity contribution >= 4 is 17.8 Å². The van der Waals surface area contributed by atoms with Crippen LogP contribution in [0.3, 0.4) is 0 Å². The van der Waals surface area contributed by atoms with Gasteiger partial charge in [0, 0.05) is 6.42 Å². The monoisotopic (exact) mass is 398 g/mol. The summed E-state index contributed by atoms with van der Waals surface area (Å²) in [7, 11) is 0. The van der Waals surface area contributed by atoms with Crippen molar-refractivity contribution in [1.29, 1.82) is 0 Å². The number of amides is 4. The van der Waals surface area contributed by atoms with E-state index in [1.165, 1.54) is 12.1 Å². The molecular weight excluding hydrogens is 379 g/mol. The van der Waals surface area contributed by atoms with Crippen molar-refractivity contribution in [2.75, 3.05) is 0 Å². The number of benzene rings is 2. The summed E-state index contributed by atoms with van der Waals surface area (Å²) in [5.74, 6) is -0.763. The lowest BCUT2D eigenvalue weighted by Crippen LogP contribution is -2.69. The van der Waals surface area contributed by atoms with Crippen LogP contribution in [0, 0.1) is 11.7 Å². The molecule has 8 heteroatoms. The van der Waals surface area contributed by atoms with E-state index in [4.69, 9.17) is 9.47 Å². The van der Waals surface area contributed by atoms with E-state index in [2.05, 4.69) is 10.6 Å². The number of rotatable bonds is 7. The molecule has 7 nitrogen and oxygen atoms in total. The Morgan fingerprint density at radius 1 is 0.897 bits per heavy atom. The van der Waals surface area contributed by atoms with Crippen LogP contribution in [0.4, 0.5) is 9.18 Å². The van der Waals surface area contributed by atoms with Gasteiger partial charge >= 0.3 is 6.03 Å². The van der Waals surface area contributed by atoms with Gasteiger partial charge in [0.1, 0.15) is 23.9 Å². The van der Waals surface area contributed by atoms with Gasteiger partial charge < -0.3 is 9.47 Å². The molecule has 2 aromatic carbocycles. The standard InChI is InChI=1S/C21H19FN2O5/c22-15-5-3-14(4-6-15)12-28-16-7-9-17(10-8-16)29-21(11-13-1-2-13)18(25)23-20(27)24-19(21)26/h3-10,13H,1-2,11-12H2,(H2,23,24,25,26,27). The first-order valence-electron chi connectivity index (χ1n) is 9.28. The summed E-state index contributed by atoms with van der Waals surface area (Å²) in [5, 5.41) is 4.24. The zero-order valence-corrected chi connectivity index (χ0v) is 15.4. The van der Waals surface area contributed by atoms with Crippen molar-refractivity contribution in [3.63, 3.8) is 0 Å². The van der Waals surface area contributed by atoms with Crippen LogP contribution in [0.25, 0.3) is 0 Å². The first-order valence-corrected chi connectivity index (χ1v) is 9.28. The number of urea groups is 1. The summed E-state index contributed by atoms with van der Waals surface area (Å²) in [6, 6.07) is 11.6. The van der Waals surface area contributed by atoms with Gasteiger partial charge in [-0.2, -0.15) is 0 Å². The third-order valence-corrected chi connectivity index (χ3v) is 4.90. The van der Waals surface area contributed by atoms with Crippen molar-refractivity contribution in [2.24, 2.45) is 5.92 Å². The summed E-state index contributed by atoms with van der Waals surface area (Å²) < 4.78 is 24.4. The Balaban J connectivity index is 1.45. The maximum atomic E-state index is 12.9. The molecule has 1 heterocycles. The number of halogens is 1. The molecule has 150 valence electrons. The lowest BCUT2D eigenvalue weighted by molar-refractivity contribution is -0.152. The van der Waals surface area contributed by atoms with Crippen LogP contribution >= 0.6 is 0 Å². The maximum Gasteiger partial charge on any atom is 0.328 e. The second-order valence-corrected chi connectivity index (χ2v) is 7.20. The molecule has 2 aliphatic rings. The van der Waals surface area contributed by atoms with E-state index < -0.39 is 23.4 Å². The number of nitrogens with one attached hydrogen (secondary N) is 2. The van der Waals surface area contributed by atoms with Crippen LogP contribution in [0.5, 0.6) is 11.5 Å². The average molecular weight is 398 g/mol. The maximum absolute atomic E-state index is 12.9. The van der Waals surface area contributed by atoms with E-state index in [0.717, 1.165) is 18.4 Å². The average Bonchev–Trinajstić information content (AvgIpc) is 3.51. The SMILES string of the molecule is O=C1NC(=O)C(CC2CC2)(Oc2ccc(OCc3ccc(F)cc3)cc2)C(=O)N1. The minimum Gasteiger partial charge on any atom is -0.489 e. The summed E-state index contributed by atoms with van der Waals surface area (Å²) in [6.45, 7) is 0.263. The lowest BCUT2D eigenvalue weighted by Gasteiger charge is -2.34. The number of carbonyl (C=O) groups excluding carboxylic acids is 3. The minimum absolute atomic E-state index is 0.206. The molecule has 4 amide bonds. The predicted molar refractivity (Wildman–Crippen MR) is 99.6 cm³/mol. The molecule has 1 aliphatic heterocycles. The van der Waals surface area contributed by atoms with Gasteiger partial charge in [0.2, 0.25) is 0 Å². The lowest BCUT2D eigenvalue weighted by atomic mass is 9.92. The zero-order valence-electron chi connectivity index (χ0n) is 15.4. The van der Waals surface area contributed by atoms with E-state index in [1.54, 1.807) is 36.4 Å². The van der Waals surface area contributed by atoms with E-state index in [-0.39, 0.29) is 24.8 Å². The molecular formula is C21H19FN2O5. The molecule has 0 unspecified atom stereocenters. The van der Waals surface area contributed by atoms with E-state index in [1.807, 2.05) is 0 Å². The normalized spacial score (nSPS) is 18.0. The highest BCUT2D eigenvalue weighted by molar-refractivity contribution is 6.21. The van der Waals surface area contributed by atoms with Crippen LogP contribution in [0.2, 0.25) is 0 Å². The second kappa shape index (κ2) is 7.54. The number of ether oxygens (including phenoxy) is 2. The number of carbonyl (C=O) groups is 3. The zero-order chi connectivity index (χ0) is 20.4. The molecule has 29 heavy (non-hydrogen) atoms. The Labute approximate surface area is 166 Å².